The highest BCUT2D eigenvalue weighted by Gasteiger charge is 2.15. The molecule has 1 aromatic carbocycles. The number of benzene rings is 1. The fourth-order valence-electron chi connectivity index (χ4n) is 2.34. The lowest BCUT2D eigenvalue weighted by molar-refractivity contribution is 0.302. The van der Waals surface area contributed by atoms with E-state index in [0.29, 0.717) is 6.04 Å². The van der Waals surface area contributed by atoms with Crippen LogP contribution in [0.4, 0.5) is 5.69 Å². The Bertz CT molecular complexity index is 401. The van der Waals surface area contributed by atoms with Crippen LogP contribution >= 0.6 is 0 Å². The lowest BCUT2D eigenvalue weighted by atomic mass is 10.1. The molecule has 18 heavy (non-hydrogen) atoms. The van der Waals surface area contributed by atoms with E-state index in [0.717, 1.165) is 19.6 Å². The third kappa shape index (κ3) is 3.03. The van der Waals surface area contributed by atoms with E-state index in [-0.39, 0.29) is 0 Å². The minimum Gasteiger partial charge on any atom is -0.374 e. The van der Waals surface area contributed by atoms with Crippen molar-refractivity contribution in [1.82, 2.24) is 10.2 Å². The second-order valence-electron chi connectivity index (χ2n) is 5.58. The predicted octanol–water partition coefficient (Wildman–Crippen LogP) is 1.72. The summed E-state index contributed by atoms with van der Waals surface area (Å²) in [4.78, 5) is 4.57. The number of anilines is 1. The third-order valence-electron chi connectivity index (χ3n) is 3.92. The van der Waals surface area contributed by atoms with Crippen LogP contribution in [-0.2, 0) is 13.0 Å². The number of hydrogen-bond acceptors (Lipinski definition) is 3. The number of nitrogens with zero attached hydrogens (tertiary/aromatic N) is 2. The molecule has 1 N–H and O–H groups in total. The van der Waals surface area contributed by atoms with Gasteiger partial charge in [0.25, 0.3) is 0 Å². The minimum absolute atomic E-state index is 0.575. The van der Waals surface area contributed by atoms with Crippen molar-refractivity contribution in [2.75, 3.05) is 39.1 Å². The van der Waals surface area contributed by atoms with Crippen LogP contribution in [0.3, 0.4) is 0 Å². The molecule has 0 amide bonds. The standard InChI is InChI=1S/C15H25N3/c1-12(17(2)3)10-16-11-13-5-6-15-14(9-13)7-8-18(15)4/h5-6,9,12,16H,7-8,10-11H2,1-4H3. The highest BCUT2D eigenvalue weighted by atomic mass is 15.1. The normalized spacial score (nSPS) is 16.2. The first-order valence-corrected chi connectivity index (χ1v) is 6.78. The molecule has 0 fully saturated rings. The van der Waals surface area contributed by atoms with Crippen LogP contribution in [0.15, 0.2) is 18.2 Å². The maximum Gasteiger partial charge on any atom is 0.0397 e. The maximum atomic E-state index is 3.53. The average Bonchev–Trinajstić information content (AvgIpc) is 2.70. The number of nitrogens with one attached hydrogen (secondary N) is 1. The first-order valence-electron chi connectivity index (χ1n) is 6.78. The van der Waals surface area contributed by atoms with E-state index < -0.39 is 0 Å². The molecule has 1 aliphatic rings. The van der Waals surface area contributed by atoms with Gasteiger partial charge in [0.2, 0.25) is 0 Å². The first-order chi connectivity index (χ1) is 8.58. The Morgan fingerprint density at radius 3 is 2.89 bits per heavy atom. The topological polar surface area (TPSA) is 18.5 Å². The summed E-state index contributed by atoms with van der Waals surface area (Å²) in [6, 6.07) is 7.43. The van der Waals surface area contributed by atoms with Gasteiger partial charge in [0.05, 0.1) is 0 Å². The third-order valence-corrected chi connectivity index (χ3v) is 3.92. The van der Waals surface area contributed by atoms with E-state index >= 15 is 0 Å². The van der Waals surface area contributed by atoms with Gasteiger partial charge in [0.15, 0.2) is 0 Å². The molecule has 100 valence electrons. The van der Waals surface area contributed by atoms with Gasteiger partial charge in [-0.05, 0) is 44.6 Å². The summed E-state index contributed by atoms with van der Waals surface area (Å²) in [7, 11) is 6.41. The lowest BCUT2D eigenvalue weighted by Gasteiger charge is -2.20. The summed E-state index contributed by atoms with van der Waals surface area (Å²) in [5.74, 6) is 0. The van der Waals surface area contributed by atoms with Gasteiger partial charge in [0.1, 0.15) is 0 Å². The van der Waals surface area contributed by atoms with E-state index in [1.54, 1.807) is 0 Å². The Kier molecular flexibility index (Phi) is 4.25. The fourth-order valence-corrected chi connectivity index (χ4v) is 2.34. The maximum absolute atomic E-state index is 3.53. The molecule has 1 unspecified atom stereocenters. The summed E-state index contributed by atoms with van der Waals surface area (Å²) in [5.41, 5.74) is 4.30. The molecule has 0 aliphatic carbocycles. The largest absolute Gasteiger partial charge is 0.374 e. The summed E-state index contributed by atoms with van der Waals surface area (Å²) in [5, 5.41) is 3.53. The van der Waals surface area contributed by atoms with Crippen LogP contribution in [0, 0.1) is 0 Å². The van der Waals surface area contributed by atoms with Crippen molar-refractivity contribution in [1.29, 1.82) is 0 Å². The van der Waals surface area contributed by atoms with E-state index in [1.807, 2.05) is 0 Å². The van der Waals surface area contributed by atoms with E-state index in [2.05, 4.69) is 61.4 Å². The number of fused-ring (bicyclic) bond motifs is 1. The van der Waals surface area contributed by atoms with Crippen molar-refractivity contribution in [3.8, 4) is 0 Å². The molecule has 1 aliphatic heterocycles. The SMILES string of the molecule is CC(CNCc1ccc2c(c1)CCN2C)N(C)C. The molecule has 3 heteroatoms. The molecule has 1 heterocycles. The van der Waals surface area contributed by atoms with Gasteiger partial charge in [-0.15, -0.1) is 0 Å². The van der Waals surface area contributed by atoms with Crippen LogP contribution in [0.1, 0.15) is 18.1 Å². The lowest BCUT2D eigenvalue weighted by Crippen LogP contribution is -2.35. The second-order valence-corrected chi connectivity index (χ2v) is 5.58. The molecule has 2 rings (SSSR count). The zero-order valence-electron chi connectivity index (χ0n) is 12.0. The Hall–Kier alpha value is -1.06. The van der Waals surface area contributed by atoms with Crippen LogP contribution in [0.25, 0.3) is 0 Å². The zero-order chi connectivity index (χ0) is 13.1. The van der Waals surface area contributed by atoms with Crippen molar-refractivity contribution < 1.29 is 0 Å². The van der Waals surface area contributed by atoms with Crippen LogP contribution < -0.4 is 10.2 Å². The van der Waals surface area contributed by atoms with Gasteiger partial charge in [-0.2, -0.15) is 0 Å². The molecule has 0 bridgehead atoms. The van der Waals surface area contributed by atoms with Gasteiger partial charge in [0, 0.05) is 38.4 Å². The summed E-state index contributed by atoms with van der Waals surface area (Å²) >= 11 is 0. The molecule has 1 aromatic rings. The van der Waals surface area contributed by atoms with Crippen molar-refractivity contribution >= 4 is 5.69 Å². The molecule has 0 saturated heterocycles. The highest BCUT2D eigenvalue weighted by Crippen LogP contribution is 2.27. The average molecular weight is 247 g/mol. The quantitative estimate of drug-likeness (QED) is 0.855. The zero-order valence-corrected chi connectivity index (χ0v) is 12.0. The molecule has 0 saturated carbocycles. The number of rotatable bonds is 5. The molecule has 0 aromatic heterocycles. The first kappa shape index (κ1) is 13.4. The Labute approximate surface area is 111 Å². The van der Waals surface area contributed by atoms with Crippen LogP contribution in [0.2, 0.25) is 0 Å². The van der Waals surface area contributed by atoms with E-state index in [4.69, 9.17) is 0 Å². The van der Waals surface area contributed by atoms with Crippen molar-refractivity contribution in [2.45, 2.75) is 25.9 Å². The van der Waals surface area contributed by atoms with Gasteiger partial charge >= 0.3 is 0 Å². The predicted molar refractivity (Wildman–Crippen MR) is 78.3 cm³/mol. The molecular formula is C15H25N3. The van der Waals surface area contributed by atoms with Crippen molar-refractivity contribution in [2.24, 2.45) is 0 Å². The van der Waals surface area contributed by atoms with Gasteiger partial charge in [-0.25, -0.2) is 0 Å². The van der Waals surface area contributed by atoms with Crippen LogP contribution in [-0.4, -0.2) is 45.2 Å². The van der Waals surface area contributed by atoms with E-state index in [1.165, 1.54) is 23.2 Å². The second kappa shape index (κ2) is 5.72. The Balaban J connectivity index is 1.88. The molecule has 0 radical (unpaired) electrons. The smallest absolute Gasteiger partial charge is 0.0397 e. The van der Waals surface area contributed by atoms with E-state index in [9.17, 15) is 0 Å². The molecule has 1 atom stereocenters. The molecule has 3 nitrogen and oxygen atoms in total. The van der Waals surface area contributed by atoms with Gasteiger partial charge < -0.3 is 15.1 Å². The number of likely N-dealkylation sites (N-methyl/N-ethyl adjacent to an activating group) is 2. The Morgan fingerprint density at radius 1 is 1.39 bits per heavy atom. The fraction of sp³-hybridized carbons (Fsp3) is 0.600. The molecule has 0 spiro atoms. The van der Waals surface area contributed by atoms with Crippen molar-refractivity contribution in [3.63, 3.8) is 0 Å². The summed E-state index contributed by atoms with van der Waals surface area (Å²) < 4.78 is 0. The Morgan fingerprint density at radius 2 is 2.17 bits per heavy atom. The minimum atomic E-state index is 0.575. The molecular weight excluding hydrogens is 222 g/mol. The van der Waals surface area contributed by atoms with Gasteiger partial charge in [-0.1, -0.05) is 12.1 Å². The monoisotopic (exact) mass is 247 g/mol. The highest BCUT2D eigenvalue weighted by molar-refractivity contribution is 5.58. The summed E-state index contributed by atoms with van der Waals surface area (Å²) in [6.07, 6.45) is 1.19. The van der Waals surface area contributed by atoms with Crippen molar-refractivity contribution in [3.05, 3.63) is 29.3 Å². The number of hydrogen-bond donors (Lipinski definition) is 1. The van der Waals surface area contributed by atoms with Crippen LogP contribution in [0.5, 0.6) is 0 Å². The summed E-state index contributed by atoms with van der Waals surface area (Å²) in [6.45, 7) is 5.40. The van der Waals surface area contributed by atoms with Gasteiger partial charge in [-0.3, -0.25) is 0 Å².